The van der Waals surface area contributed by atoms with Gasteiger partial charge >= 0.3 is 6.16 Å². The van der Waals surface area contributed by atoms with Crippen LogP contribution < -0.4 is 4.74 Å². The van der Waals surface area contributed by atoms with Gasteiger partial charge in [-0.05, 0) is 54.2 Å². The summed E-state index contributed by atoms with van der Waals surface area (Å²) in [5, 5.41) is 0. The number of carbonyl (C=O) groups excluding carboxylic acids is 1. The zero-order valence-electron chi connectivity index (χ0n) is 18.9. The van der Waals surface area contributed by atoms with Crippen molar-refractivity contribution in [3.63, 3.8) is 0 Å². The molecule has 1 aromatic carbocycles. The van der Waals surface area contributed by atoms with Crippen molar-refractivity contribution in [1.82, 2.24) is 0 Å². The van der Waals surface area contributed by atoms with E-state index in [1.165, 1.54) is 11.1 Å². The minimum Gasteiger partial charge on any atom is -0.428 e. The second-order valence-corrected chi connectivity index (χ2v) is 11.2. The summed E-state index contributed by atoms with van der Waals surface area (Å²) in [6.45, 7) is 25.1. The Morgan fingerprint density at radius 3 is 1.38 bits per heavy atom. The second kappa shape index (κ2) is 6.90. The average molecular weight is 363 g/mol. The van der Waals surface area contributed by atoms with Crippen LogP contribution in [0.1, 0.15) is 99.8 Å². The highest BCUT2D eigenvalue weighted by atomic mass is 16.7. The second-order valence-electron chi connectivity index (χ2n) is 11.2. The van der Waals surface area contributed by atoms with E-state index in [0.29, 0.717) is 5.75 Å². The molecule has 26 heavy (non-hydrogen) atoms. The van der Waals surface area contributed by atoms with Crippen LogP contribution in [0.2, 0.25) is 0 Å². The first kappa shape index (κ1) is 22.5. The third-order valence-electron chi connectivity index (χ3n) is 4.13. The zero-order chi connectivity index (χ0) is 20.7. The van der Waals surface area contributed by atoms with Crippen molar-refractivity contribution in [1.29, 1.82) is 0 Å². The van der Waals surface area contributed by atoms with Crippen LogP contribution in [0.5, 0.6) is 5.75 Å². The molecule has 3 nitrogen and oxygen atoms in total. The number of benzene rings is 1. The van der Waals surface area contributed by atoms with E-state index < -0.39 is 11.8 Å². The van der Waals surface area contributed by atoms with Crippen molar-refractivity contribution in [2.45, 2.75) is 105 Å². The Balaban J connectivity index is 3.60. The van der Waals surface area contributed by atoms with Gasteiger partial charge in [0.15, 0.2) is 0 Å². The van der Waals surface area contributed by atoms with Crippen LogP contribution in [0.4, 0.5) is 4.79 Å². The number of carbonyl (C=O) groups is 1. The van der Waals surface area contributed by atoms with Crippen LogP contribution in [0, 0.1) is 0 Å². The molecule has 0 spiro atoms. The number of ether oxygens (including phenoxy) is 2. The number of hydrogen-bond acceptors (Lipinski definition) is 3. The van der Waals surface area contributed by atoms with Gasteiger partial charge in [-0.25, -0.2) is 4.79 Å². The minimum atomic E-state index is -0.661. The predicted octanol–water partition coefficient (Wildman–Crippen LogP) is 6.89. The smallest absolute Gasteiger partial charge is 0.428 e. The minimum absolute atomic E-state index is 0.00688. The fraction of sp³-hybridized carbons (Fsp3) is 0.696. The molecule has 1 aromatic rings. The molecule has 0 amide bonds. The fourth-order valence-electron chi connectivity index (χ4n) is 2.85. The lowest BCUT2D eigenvalue weighted by Crippen LogP contribution is -2.28. The maximum Gasteiger partial charge on any atom is 0.514 e. The molecule has 0 heterocycles. The lowest BCUT2D eigenvalue weighted by molar-refractivity contribution is 0.0202. The van der Waals surface area contributed by atoms with Gasteiger partial charge in [-0.15, -0.1) is 0 Å². The molecule has 148 valence electrons. The Hall–Kier alpha value is -1.51. The van der Waals surface area contributed by atoms with Gasteiger partial charge in [-0.1, -0.05) is 68.4 Å². The van der Waals surface area contributed by atoms with E-state index >= 15 is 0 Å². The number of rotatable bonds is 1. The molecule has 0 radical (unpaired) electrons. The number of hydrogen-bond donors (Lipinski definition) is 0. The van der Waals surface area contributed by atoms with Crippen molar-refractivity contribution in [3.8, 4) is 5.75 Å². The maximum atomic E-state index is 12.3. The first-order valence-corrected chi connectivity index (χ1v) is 9.43. The molecule has 0 atom stereocenters. The molecule has 0 saturated carbocycles. The van der Waals surface area contributed by atoms with Crippen LogP contribution in [-0.2, 0) is 21.0 Å². The molecule has 0 aliphatic rings. The third kappa shape index (κ3) is 6.03. The Morgan fingerprint density at radius 1 is 0.654 bits per heavy atom. The van der Waals surface area contributed by atoms with E-state index in [1.807, 2.05) is 26.8 Å². The largest absolute Gasteiger partial charge is 0.514 e. The van der Waals surface area contributed by atoms with E-state index in [2.05, 4.69) is 68.4 Å². The van der Waals surface area contributed by atoms with Crippen molar-refractivity contribution < 1.29 is 14.3 Å². The fourth-order valence-corrected chi connectivity index (χ4v) is 2.85. The lowest BCUT2D eigenvalue weighted by Gasteiger charge is -2.34. The Labute approximate surface area is 160 Å². The molecule has 3 heteroatoms. The molecule has 0 fully saturated rings. The normalized spacial score (nSPS) is 13.5. The summed E-state index contributed by atoms with van der Waals surface area (Å²) < 4.78 is 11.1. The molecular weight excluding hydrogens is 324 g/mol. The van der Waals surface area contributed by atoms with Gasteiger partial charge in [0, 0.05) is 5.56 Å². The highest BCUT2D eigenvalue weighted by Gasteiger charge is 2.31. The van der Waals surface area contributed by atoms with Gasteiger partial charge in [0.1, 0.15) is 11.4 Å². The first-order valence-electron chi connectivity index (χ1n) is 9.43. The molecule has 0 saturated heterocycles. The highest BCUT2D eigenvalue weighted by Crippen LogP contribution is 2.42. The highest BCUT2D eigenvalue weighted by molar-refractivity contribution is 5.66. The molecule has 1 rings (SSSR count). The summed E-state index contributed by atoms with van der Waals surface area (Å²) in [6, 6.07) is 4.24. The first-order chi connectivity index (χ1) is 11.3. The molecule has 0 aromatic heterocycles. The van der Waals surface area contributed by atoms with Gasteiger partial charge in [-0.2, -0.15) is 0 Å². The van der Waals surface area contributed by atoms with Crippen molar-refractivity contribution in [3.05, 3.63) is 28.8 Å². The summed E-state index contributed by atoms with van der Waals surface area (Å²) >= 11 is 0. The van der Waals surface area contributed by atoms with Crippen LogP contribution in [-0.4, -0.2) is 11.8 Å². The van der Waals surface area contributed by atoms with Crippen molar-refractivity contribution in [2.75, 3.05) is 0 Å². The molecule has 0 aliphatic heterocycles. The summed E-state index contributed by atoms with van der Waals surface area (Å²) in [5.41, 5.74) is 2.67. The SMILES string of the molecule is CC(C)(C)OC(=O)Oc1cc(C(C)(C)C)c(C(C)(C)C)cc1C(C)(C)C. The quantitative estimate of drug-likeness (QED) is 0.403. The monoisotopic (exact) mass is 362 g/mol. The Bertz CT molecular complexity index is 657. The zero-order valence-corrected chi connectivity index (χ0v) is 18.9. The van der Waals surface area contributed by atoms with E-state index in [9.17, 15) is 4.79 Å². The standard InChI is InChI=1S/C23H38O3/c1-20(2,3)15-13-17(22(7,8)9)18(14-16(15)21(4,5)6)25-19(24)26-23(10,11)12/h13-14H,1-12H3. The third-order valence-corrected chi connectivity index (χ3v) is 4.13. The Kier molecular flexibility index (Phi) is 5.98. The van der Waals surface area contributed by atoms with E-state index in [4.69, 9.17) is 9.47 Å². The van der Waals surface area contributed by atoms with Gasteiger partial charge < -0.3 is 9.47 Å². The summed E-state index contributed by atoms with van der Waals surface area (Å²) in [5.74, 6) is 0.588. The molecule has 0 N–H and O–H groups in total. The summed E-state index contributed by atoms with van der Waals surface area (Å²) in [4.78, 5) is 12.3. The van der Waals surface area contributed by atoms with Crippen molar-refractivity contribution in [2.24, 2.45) is 0 Å². The molecule has 0 bridgehead atoms. The van der Waals surface area contributed by atoms with E-state index in [0.717, 1.165) is 5.56 Å². The molecule has 0 unspecified atom stereocenters. The lowest BCUT2D eigenvalue weighted by atomic mass is 9.72. The van der Waals surface area contributed by atoms with Crippen molar-refractivity contribution >= 4 is 6.16 Å². The van der Waals surface area contributed by atoms with Crippen LogP contribution in [0.15, 0.2) is 12.1 Å². The maximum absolute atomic E-state index is 12.3. The predicted molar refractivity (Wildman–Crippen MR) is 109 cm³/mol. The van der Waals surface area contributed by atoms with Gasteiger partial charge in [0.25, 0.3) is 0 Å². The Morgan fingerprint density at radius 2 is 1.04 bits per heavy atom. The van der Waals surface area contributed by atoms with Gasteiger partial charge in [0.05, 0.1) is 0 Å². The van der Waals surface area contributed by atoms with E-state index in [1.54, 1.807) is 0 Å². The van der Waals surface area contributed by atoms with Crippen LogP contribution >= 0.6 is 0 Å². The van der Waals surface area contributed by atoms with Crippen LogP contribution in [0.3, 0.4) is 0 Å². The molecule has 0 aliphatic carbocycles. The van der Waals surface area contributed by atoms with Gasteiger partial charge in [0.2, 0.25) is 0 Å². The van der Waals surface area contributed by atoms with Gasteiger partial charge in [-0.3, -0.25) is 0 Å². The topological polar surface area (TPSA) is 35.5 Å². The summed E-state index contributed by atoms with van der Waals surface area (Å²) in [7, 11) is 0. The summed E-state index contributed by atoms with van der Waals surface area (Å²) in [6.07, 6.45) is -0.661. The molecular formula is C23H38O3. The van der Waals surface area contributed by atoms with E-state index in [-0.39, 0.29) is 16.2 Å². The van der Waals surface area contributed by atoms with Crippen LogP contribution in [0.25, 0.3) is 0 Å². The average Bonchev–Trinajstić information content (AvgIpc) is 2.31.